The third-order valence-electron chi connectivity index (χ3n) is 1.64. The molecule has 0 aliphatic rings. The molecule has 0 spiro atoms. The molecule has 0 bridgehead atoms. The average Bonchev–Trinajstić information content (AvgIpc) is 2.33. The number of phosphoric ester groups is 1. The highest BCUT2D eigenvalue weighted by Gasteiger charge is 2.31. The zero-order valence-electron chi connectivity index (χ0n) is 8.91. The Labute approximate surface area is 91.6 Å². The Morgan fingerprint density at radius 2 is 1.88 bits per heavy atom. The summed E-state index contributed by atoms with van der Waals surface area (Å²) in [4.78, 5) is 22.0. The normalized spacial score (nSPS) is 23.7. The fourth-order valence-electron chi connectivity index (χ4n) is 0.779. The summed E-state index contributed by atoms with van der Waals surface area (Å²) in [6.45, 7) is -0.948. The van der Waals surface area contributed by atoms with Crippen LogP contribution in [0.25, 0.3) is 0 Å². The molecule has 0 fully saturated rings. The molecule has 0 saturated heterocycles. The second-order valence-electron chi connectivity index (χ2n) is 2.94. The lowest BCUT2D eigenvalue weighted by Crippen LogP contribution is -2.46. The Bertz CT molecular complexity index is 287. The Kier molecular flexibility index (Phi) is 5.46. The quantitative estimate of drug-likeness (QED) is 0.194. The van der Waals surface area contributed by atoms with Crippen LogP contribution in [0.5, 0.6) is 0 Å². The van der Waals surface area contributed by atoms with E-state index in [0.29, 0.717) is 0 Å². The van der Waals surface area contributed by atoms with Crippen molar-refractivity contribution in [3.05, 3.63) is 0 Å². The maximum Gasteiger partial charge on any atom is 0.469 e. The highest BCUT2D eigenvalue weighted by atomic mass is 31.2. The van der Waals surface area contributed by atoms with Crippen molar-refractivity contribution >= 4 is 14.1 Å². The molecule has 0 aromatic heterocycles. The molecule has 0 aliphatic carbocycles. The van der Waals surface area contributed by atoms with Gasteiger partial charge in [-0.15, -0.1) is 0 Å². The van der Waals surface area contributed by atoms with E-state index in [9.17, 15) is 19.6 Å². The highest BCUT2D eigenvalue weighted by molar-refractivity contribution is 7.46. The van der Waals surface area contributed by atoms with Gasteiger partial charge in [0.15, 0.2) is 6.29 Å². The van der Waals surface area contributed by atoms with Crippen molar-refractivity contribution in [1.29, 1.82) is 1.43 Å². The summed E-state index contributed by atoms with van der Waals surface area (Å²) >= 11 is 0. The van der Waals surface area contributed by atoms with Gasteiger partial charge in [0.1, 0.15) is 24.4 Å². The van der Waals surface area contributed by atoms with Gasteiger partial charge >= 0.3 is 7.82 Å². The fraction of sp³-hybridized carbons (Fsp3) is 0.833. The molecular weight excluding hydrogens is 247 g/mol. The molecule has 9 nitrogen and oxygen atoms in total. The minimum Gasteiger partial charge on any atom is -0.388 e. The van der Waals surface area contributed by atoms with Crippen LogP contribution in [-0.4, -0.2) is 69.0 Å². The van der Waals surface area contributed by atoms with Gasteiger partial charge in [-0.05, 0) is 0 Å². The molecule has 1 unspecified atom stereocenters. The van der Waals surface area contributed by atoms with Crippen molar-refractivity contribution in [3.63, 3.8) is 0 Å². The maximum atomic E-state index is 10.6. The molecule has 10 heteroatoms. The van der Waals surface area contributed by atoms with Crippen LogP contribution in [0, 0.1) is 0 Å². The van der Waals surface area contributed by atoms with Crippen molar-refractivity contribution in [1.82, 2.24) is 0 Å². The van der Waals surface area contributed by atoms with Gasteiger partial charge in [0.2, 0.25) is 1.43 Å². The van der Waals surface area contributed by atoms with Crippen LogP contribution in [0.1, 0.15) is 0 Å². The minimum atomic E-state index is -4.65. The van der Waals surface area contributed by atoms with Gasteiger partial charge in [0.05, 0.1) is 6.61 Å². The Balaban J connectivity index is 4.27. The van der Waals surface area contributed by atoms with E-state index in [4.69, 9.17) is 16.5 Å². The van der Waals surface area contributed by atoms with Crippen LogP contribution < -0.4 is 0 Å². The topological polar surface area (TPSA) is 165 Å². The molecule has 0 aliphatic heterocycles. The van der Waals surface area contributed by atoms with E-state index in [0.717, 1.165) is 0 Å². The van der Waals surface area contributed by atoms with E-state index < -0.39 is 38.8 Å². The molecule has 5 atom stereocenters. The van der Waals surface area contributed by atoms with E-state index in [1.165, 1.54) is 0 Å². The average molecular weight is 261 g/mol. The van der Waals surface area contributed by atoms with E-state index in [2.05, 4.69) is 9.42 Å². The van der Waals surface area contributed by atoms with Crippen molar-refractivity contribution in [2.45, 2.75) is 24.4 Å². The largest absolute Gasteiger partial charge is 0.469 e. The first-order valence-corrected chi connectivity index (χ1v) is 5.54. The zero-order chi connectivity index (χ0) is 13.6. The fourth-order valence-corrected chi connectivity index (χ4v) is 1.12. The van der Waals surface area contributed by atoms with Gasteiger partial charge < -0.3 is 35.0 Å². The number of carbonyl (C=O) groups is 1. The lowest BCUT2D eigenvalue weighted by atomic mass is 10.0. The number of carbonyl (C=O) groups excluding carboxylic acids is 1. The second kappa shape index (κ2) is 6.38. The summed E-state index contributed by atoms with van der Waals surface area (Å²) in [6.07, 6.45) is -7.82. The molecule has 0 radical (unpaired) electrons. The molecular formula is C6H13O9P. The van der Waals surface area contributed by atoms with Crippen molar-refractivity contribution in [2.75, 3.05) is 6.61 Å². The standard InChI is InChI=1S/C6H13O9P/c7-1-3(8)5(10)6(11)4(9)2-15-16(12,13)14/h1,3-6,8-11H,2H2,(H2,12,13,14)/t3-,4+,5+,6-/m0/s1/i/hD. The summed E-state index contributed by atoms with van der Waals surface area (Å²) in [6, 6.07) is 0. The second-order valence-corrected chi connectivity index (χ2v) is 4.13. The summed E-state index contributed by atoms with van der Waals surface area (Å²) < 4.78 is 20.8. The van der Waals surface area contributed by atoms with Gasteiger partial charge in [0, 0.05) is 0 Å². The Morgan fingerprint density at radius 3 is 2.31 bits per heavy atom. The number of aldehydes is 1. The van der Waals surface area contributed by atoms with Crippen LogP contribution in [0.2, 0.25) is 0 Å². The van der Waals surface area contributed by atoms with Crippen molar-refractivity contribution in [2.24, 2.45) is 0 Å². The van der Waals surface area contributed by atoms with Crippen LogP contribution in [0.3, 0.4) is 0 Å². The molecule has 0 saturated carbocycles. The summed E-state index contributed by atoms with van der Waals surface area (Å²) in [5.41, 5.74) is 0. The highest BCUT2D eigenvalue weighted by Crippen LogP contribution is 2.35. The van der Waals surface area contributed by atoms with Gasteiger partial charge in [0.25, 0.3) is 0 Å². The molecule has 0 rings (SSSR count). The monoisotopic (exact) mass is 261 g/mol. The maximum absolute atomic E-state index is 10.6. The third kappa shape index (κ3) is 5.64. The first kappa shape index (κ1) is 13.7. The van der Waals surface area contributed by atoms with Gasteiger partial charge in [-0.3, -0.25) is 4.52 Å². The Hall–Kier alpha value is -0.380. The number of hydrogen-bond acceptors (Lipinski definition) is 8. The molecule has 0 aromatic rings. The first-order chi connectivity index (χ1) is 7.75. The van der Waals surface area contributed by atoms with Gasteiger partial charge in [-0.25, -0.2) is 4.57 Å². The number of phosphoric acid groups is 1. The van der Waals surface area contributed by atoms with E-state index in [1.807, 2.05) is 0 Å². The first-order valence-electron chi connectivity index (χ1n) is 4.45. The Morgan fingerprint density at radius 1 is 1.31 bits per heavy atom. The number of hydrogen-bond donors (Lipinski definition) is 6. The lowest BCUT2D eigenvalue weighted by Gasteiger charge is -2.23. The predicted octanol–water partition coefficient (Wildman–Crippen LogP) is -3.26. The van der Waals surface area contributed by atoms with Crippen LogP contribution in [-0.2, 0) is 13.9 Å². The molecule has 0 heterocycles. The molecule has 6 N–H and O–H groups in total. The predicted molar refractivity (Wildman–Crippen MR) is 48.1 cm³/mol. The summed E-state index contributed by atoms with van der Waals surface area (Å²) in [7, 11) is -4.65. The lowest BCUT2D eigenvalue weighted by molar-refractivity contribution is -0.136. The van der Waals surface area contributed by atoms with Gasteiger partial charge in [-0.2, -0.15) is 0 Å². The van der Waals surface area contributed by atoms with Crippen LogP contribution >= 0.6 is 7.82 Å². The number of rotatable bonds is 8. The zero-order valence-corrected chi connectivity index (χ0v) is 8.80. The SMILES string of the molecule is [2H]OP(=O)(O)OC[C@@H](O)[C@H](O)[C@H](O)[C@@H](O)C=O. The van der Waals surface area contributed by atoms with Gasteiger partial charge in [-0.1, -0.05) is 0 Å². The summed E-state index contributed by atoms with van der Waals surface area (Å²) in [5.74, 6) is 0. The number of aliphatic hydroxyl groups excluding tert-OH is 4. The smallest absolute Gasteiger partial charge is 0.388 e. The van der Waals surface area contributed by atoms with E-state index in [1.54, 1.807) is 0 Å². The van der Waals surface area contributed by atoms with Crippen molar-refractivity contribution in [3.8, 4) is 0 Å². The van der Waals surface area contributed by atoms with Crippen LogP contribution in [0.4, 0.5) is 0 Å². The molecule has 0 amide bonds. The van der Waals surface area contributed by atoms with Crippen LogP contribution in [0.15, 0.2) is 0 Å². The molecule has 96 valence electrons. The third-order valence-corrected chi connectivity index (χ3v) is 2.12. The number of aliphatic hydroxyl groups is 4. The summed E-state index contributed by atoms with van der Waals surface area (Å²) in [5, 5.41) is 36.3. The van der Waals surface area contributed by atoms with E-state index >= 15 is 0 Å². The minimum absolute atomic E-state index is 0.0642. The van der Waals surface area contributed by atoms with Crippen molar-refractivity contribution < 1.29 is 44.1 Å². The molecule has 0 aromatic carbocycles. The van der Waals surface area contributed by atoms with E-state index in [-0.39, 0.29) is 6.29 Å². The molecule has 16 heavy (non-hydrogen) atoms.